The lowest BCUT2D eigenvalue weighted by Gasteiger charge is -2.19. The number of halogens is 3. The summed E-state index contributed by atoms with van der Waals surface area (Å²) in [5, 5.41) is 21.3. The molecule has 0 radical (unpaired) electrons. The lowest BCUT2D eigenvalue weighted by molar-refractivity contribution is -0.137. The van der Waals surface area contributed by atoms with E-state index in [0.29, 0.717) is 23.7 Å². The molecule has 1 aliphatic rings. The zero-order valence-corrected chi connectivity index (χ0v) is 13.5. The maximum Gasteiger partial charge on any atom is 0.417 e. The number of fused-ring (bicyclic) bond motifs is 1. The number of hydrogen-bond acceptors (Lipinski definition) is 5. The molecule has 1 unspecified atom stereocenters. The molecule has 0 saturated heterocycles. The molecule has 126 valence electrons. The normalized spacial score (nSPS) is 17.3. The van der Waals surface area contributed by atoms with Crippen LogP contribution in [0.4, 0.5) is 13.2 Å². The summed E-state index contributed by atoms with van der Waals surface area (Å²) in [7, 11) is 1.89. The van der Waals surface area contributed by atoms with Crippen LogP contribution in [0.1, 0.15) is 22.7 Å². The van der Waals surface area contributed by atoms with Crippen LogP contribution in [-0.4, -0.2) is 49.0 Å². The zero-order valence-electron chi connectivity index (χ0n) is 12.7. The molecule has 4 nitrogen and oxygen atoms in total. The first kappa shape index (κ1) is 18.1. The quantitative estimate of drug-likeness (QED) is 0.828. The van der Waals surface area contributed by atoms with E-state index in [1.165, 1.54) is 17.8 Å². The van der Waals surface area contributed by atoms with E-state index < -0.39 is 11.7 Å². The number of alkyl halides is 3. The first-order chi connectivity index (χ1) is 10.9. The Bertz CT molecular complexity index is 601. The highest BCUT2D eigenvalue weighted by Gasteiger charge is 2.37. The summed E-state index contributed by atoms with van der Waals surface area (Å²) in [6, 6.07) is 4.11. The third-order valence-corrected chi connectivity index (χ3v) is 4.97. The topological polar surface area (TPSA) is 59.3 Å². The number of aliphatic hydroxyl groups is 1. The smallest absolute Gasteiger partial charge is 0.395 e. The van der Waals surface area contributed by atoms with Gasteiger partial charge in [0, 0.05) is 36.3 Å². The molecule has 1 aliphatic heterocycles. The van der Waals surface area contributed by atoms with E-state index in [0.717, 1.165) is 18.2 Å². The van der Waals surface area contributed by atoms with Gasteiger partial charge in [0.1, 0.15) is 6.07 Å². The van der Waals surface area contributed by atoms with Crippen LogP contribution >= 0.6 is 11.8 Å². The number of benzene rings is 1. The lowest BCUT2D eigenvalue weighted by atomic mass is 10.0. The van der Waals surface area contributed by atoms with Crippen molar-refractivity contribution in [2.75, 3.05) is 39.0 Å². The van der Waals surface area contributed by atoms with Crippen LogP contribution in [-0.2, 0) is 6.18 Å². The standard InChI is InChI=1S/C15H18F3N3OS/c1-21(6-7-22)5-4-20-13-9-23-14-10(13)2-3-12(11(14)8-19)15(16,17)18/h2-3,13,20,22H,4-7,9H2,1H3. The Balaban J connectivity index is 2.11. The Morgan fingerprint density at radius 1 is 1.43 bits per heavy atom. The van der Waals surface area contributed by atoms with Gasteiger partial charge in [-0.05, 0) is 18.7 Å². The molecule has 1 heterocycles. The van der Waals surface area contributed by atoms with Crippen LogP contribution in [0.5, 0.6) is 0 Å². The van der Waals surface area contributed by atoms with Gasteiger partial charge in [0.2, 0.25) is 0 Å². The van der Waals surface area contributed by atoms with Crippen molar-refractivity contribution >= 4 is 11.8 Å². The average Bonchev–Trinajstić information content (AvgIpc) is 2.89. The van der Waals surface area contributed by atoms with E-state index in [-0.39, 0.29) is 18.2 Å². The molecule has 0 saturated carbocycles. The second kappa shape index (κ2) is 7.53. The fourth-order valence-corrected chi connectivity index (χ4v) is 3.82. The van der Waals surface area contributed by atoms with Crippen molar-refractivity contribution in [2.24, 2.45) is 0 Å². The van der Waals surface area contributed by atoms with Gasteiger partial charge in [0.25, 0.3) is 0 Å². The highest BCUT2D eigenvalue weighted by molar-refractivity contribution is 7.99. The second-order valence-corrected chi connectivity index (χ2v) is 6.39. The Labute approximate surface area is 137 Å². The molecule has 1 aromatic carbocycles. The van der Waals surface area contributed by atoms with Crippen LogP contribution < -0.4 is 5.32 Å². The number of nitrogens with one attached hydrogen (secondary N) is 1. The summed E-state index contributed by atoms with van der Waals surface area (Å²) in [6.45, 7) is 2.04. The number of aliphatic hydroxyl groups excluding tert-OH is 1. The van der Waals surface area contributed by atoms with E-state index in [9.17, 15) is 13.2 Å². The Morgan fingerprint density at radius 3 is 2.78 bits per heavy atom. The molecule has 8 heteroatoms. The van der Waals surface area contributed by atoms with Crippen molar-refractivity contribution in [3.63, 3.8) is 0 Å². The molecule has 0 amide bonds. The largest absolute Gasteiger partial charge is 0.417 e. The highest BCUT2D eigenvalue weighted by Crippen LogP contribution is 2.44. The molecule has 0 bridgehead atoms. The molecule has 0 spiro atoms. The predicted octanol–water partition coefficient (Wildman–Crippen LogP) is 2.24. The van der Waals surface area contributed by atoms with Gasteiger partial charge in [0.05, 0.1) is 17.7 Å². The third kappa shape index (κ3) is 4.18. The van der Waals surface area contributed by atoms with Crippen molar-refractivity contribution in [1.82, 2.24) is 10.2 Å². The first-order valence-corrected chi connectivity index (χ1v) is 8.16. The summed E-state index contributed by atoms with van der Waals surface area (Å²) >= 11 is 1.29. The van der Waals surface area contributed by atoms with Crippen LogP contribution in [0.2, 0.25) is 0 Å². The van der Waals surface area contributed by atoms with Crippen LogP contribution in [0, 0.1) is 11.3 Å². The van der Waals surface area contributed by atoms with Gasteiger partial charge in [-0.25, -0.2) is 0 Å². The molecule has 23 heavy (non-hydrogen) atoms. The van der Waals surface area contributed by atoms with Crippen molar-refractivity contribution in [1.29, 1.82) is 5.26 Å². The Morgan fingerprint density at radius 2 is 2.17 bits per heavy atom. The van der Waals surface area contributed by atoms with Gasteiger partial charge < -0.3 is 15.3 Å². The summed E-state index contributed by atoms with van der Waals surface area (Å²) < 4.78 is 38.9. The maximum atomic E-state index is 13.0. The van der Waals surface area contributed by atoms with Crippen LogP contribution in [0.15, 0.2) is 17.0 Å². The minimum absolute atomic E-state index is 0.0630. The van der Waals surface area contributed by atoms with Crippen molar-refractivity contribution in [3.05, 3.63) is 28.8 Å². The fourth-order valence-electron chi connectivity index (χ4n) is 2.51. The van der Waals surface area contributed by atoms with Gasteiger partial charge in [-0.3, -0.25) is 0 Å². The van der Waals surface area contributed by atoms with E-state index in [4.69, 9.17) is 10.4 Å². The summed E-state index contributed by atoms with van der Waals surface area (Å²) in [5.41, 5.74) is -0.388. The van der Waals surface area contributed by atoms with Crippen molar-refractivity contribution < 1.29 is 18.3 Å². The monoisotopic (exact) mass is 345 g/mol. The Hall–Kier alpha value is -1.27. The van der Waals surface area contributed by atoms with Gasteiger partial charge in [-0.1, -0.05) is 6.07 Å². The second-order valence-electron chi connectivity index (χ2n) is 5.36. The third-order valence-electron chi connectivity index (χ3n) is 3.74. The van der Waals surface area contributed by atoms with E-state index in [1.54, 1.807) is 6.07 Å². The van der Waals surface area contributed by atoms with E-state index >= 15 is 0 Å². The van der Waals surface area contributed by atoms with Gasteiger partial charge >= 0.3 is 6.18 Å². The van der Waals surface area contributed by atoms with Gasteiger partial charge in [-0.15, -0.1) is 11.8 Å². The number of hydrogen-bond donors (Lipinski definition) is 2. The van der Waals surface area contributed by atoms with Gasteiger partial charge in [0.15, 0.2) is 0 Å². The number of rotatable bonds is 6. The lowest BCUT2D eigenvalue weighted by Crippen LogP contribution is -2.33. The zero-order chi connectivity index (χ0) is 17.0. The SMILES string of the molecule is CN(CCO)CCNC1CSc2c1ccc(C(F)(F)F)c2C#N. The molecular weight excluding hydrogens is 327 g/mol. The number of nitriles is 1. The Kier molecular flexibility index (Phi) is 5.92. The number of likely N-dealkylation sites (N-methyl/N-ethyl adjacent to an activating group) is 1. The van der Waals surface area contributed by atoms with E-state index in [1.807, 2.05) is 11.9 Å². The molecule has 2 N–H and O–H groups in total. The van der Waals surface area contributed by atoms with Crippen LogP contribution in [0.3, 0.4) is 0 Å². The van der Waals surface area contributed by atoms with Crippen molar-refractivity contribution in [3.8, 4) is 6.07 Å². The molecule has 1 atom stereocenters. The summed E-state index contributed by atoms with van der Waals surface area (Å²) in [5.74, 6) is 0.606. The average molecular weight is 345 g/mol. The van der Waals surface area contributed by atoms with Crippen LogP contribution in [0.25, 0.3) is 0 Å². The van der Waals surface area contributed by atoms with Crippen molar-refractivity contribution in [2.45, 2.75) is 17.1 Å². The highest BCUT2D eigenvalue weighted by atomic mass is 32.2. The maximum absolute atomic E-state index is 13.0. The fraction of sp³-hybridized carbons (Fsp3) is 0.533. The summed E-state index contributed by atoms with van der Waals surface area (Å²) in [4.78, 5) is 2.40. The minimum Gasteiger partial charge on any atom is -0.395 e. The molecular formula is C15H18F3N3OS. The molecule has 0 aromatic heterocycles. The van der Waals surface area contributed by atoms with Gasteiger partial charge in [-0.2, -0.15) is 18.4 Å². The molecule has 0 fully saturated rings. The number of thioether (sulfide) groups is 1. The predicted molar refractivity (Wildman–Crippen MR) is 82.2 cm³/mol. The minimum atomic E-state index is -4.51. The van der Waals surface area contributed by atoms with E-state index in [2.05, 4.69) is 5.32 Å². The first-order valence-electron chi connectivity index (χ1n) is 7.18. The molecule has 0 aliphatic carbocycles. The molecule has 2 rings (SSSR count). The summed E-state index contributed by atoms with van der Waals surface area (Å²) in [6.07, 6.45) is -4.51. The number of nitrogens with zero attached hydrogens (tertiary/aromatic N) is 2. The molecule has 1 aromatic rings.